The third kappa shape index (κ3) is 2.33. The first kappa shape index (κ1) is 12.4. The monoisotopic (exact) mass is 345 g/mol. The fraction of sp³-hybridized carbons (Fsp3) is 0.650. The molecule has 0 bridgehead atoms. The van der Waals surface area contributed by atoms with E-state index >= 15 is 0 Å². The molecular weight excluding hydrogens is 316 g/mol. The molecule has 0 aromatic rings. The minimum atomic E-state index is -2.17. The smallest absolute Gasteiger partial charge is 0.196 e. The lowest BCUT2D eigenvalue weighted by Crippen LogP contribution is -2.38. The number of nitrogens with one attached hydrogen (secondary N) is 1. The van der Waals surface area contributed by atoms with Crippen molar-refractivity contribution in [1.82, 2.24) is 5.32 Å². The highest BCUT2D eigenvalue weighted by Crippen LogP contribution is 2.49. The van der Waals surface area contributed by atoms with E-state index in [1.165, 1.54) is 17.7 Å². The van der Waals surface area contributed by atoms with Gasteiger partial charge in [-0.3, -0.25) is 0 Å². The van der Waals surface area contributed by atoms with Crippen LogP contribution in [0.5, 0.6) is 0 Å². The van der Waals surface area contributed by atoms with Crippen LogP contribution in [0.25, 0.3) is 0 Å². The Hall–Kier alpha value is -1.00. The summed E-state index contributed by atoms with van der Waals surface area (Å²) in [5.41, 5.74) is 3.18. The van der Waals surface area contributed by atoms with Gasteiger partial charge in [0, 0.05) is 40.0 Å². The van der Waals surface area contributed by atoms with Gasteiger partial charge in [-0.2, -0.15) is 0 Å². The molecule has 5 aliphatic rings. The summed E-state index contributed by atoms with van der Waals surface area (Å²) in [5, 5.41) is 3.76. The molecular formula is C20H26N2OS. The van der Waals surface area contributed by atoms with Crippen molar-refractivity contribution in [3.8, 4) is 0 Å². The molecule has 5 atom stereocenters. The van der Waals surface area contributed by atoms with Crippen LogP contribution in [0.4, 0.5) is 0 Å². The molecule has 0 aromatic heterocycles. The van der Waals surface area contributed by atoms with Crippen molar-refractivity contribution in [2.45, 2.75) is 51.7 Å². The summed E-state index contributed by atoms with van der Waals surface area (Å²) in [6.45, 7) is 1.15. The van der Waals surface area contributed by atoms with Gasteiger partial charge < -0.3 is 10.1 Å². The maximum atomic E-state index is 7.63. The standard InChI is InChI=1S/C20H26N2OS/c1-11-10-24-18-8-17(21-9-16(11)18)15-5-3-4-13-14-7-6-12(2)22-20(14)23-19(13)15/h6-7,11,13-14,17,20-21H,3-5,8-10H2,1-2H3/t11-,13?,14?,17-,20+/m1/s1/i2D3. The molecule has 2 unspecified atom stereocenters. The summed E-state index contributed by atoms with van der Waals surface area (Å²) < 4.78 is 29.2. The van der Waals surface area contributed by atoms with E-state index in [-0.39, 0.29) is 17.9 Å². The summed E-state index contributed by atoms with van der Waals surface area (Å²) in [6.07, 6.45) is 7.80. The number of ether oxygens (including phenoxy) is 1. The van der Waals surface area contributed by atoms with Crippen LogP contribution in [0, 0.1) is 17.8 Å². The summed E-state index contributed by atoms with van der Waals surface area (Å²) in [4.78, 5) is 6.04. The number of hydrogen-bond acceptors (Lipinski definition) is 4. The Kier molecular flexibility index (Phi) is 2.97. The first-order valence-corrected chi connectivity index (χ1v) is 10.1. The van der Waals surface area contributed by atoms with Crippen LogP contribution in [-0.2, 0) is 4.74 Å². The van der Waals surface area contributed by atoms with Crippen molar-refractivity contribution in [2.24, 2.45) is 22.7 Å². The third-order valence-electron chi connectivity index (χ3n) is 6.21. The fourth-order valence-electron chi connectivity index (χ4n) is 4.91. The zero-order valence-corrected chi connectivity index (χ0v) is 14.9. The van der Waals surface area contributed by atoms with Crippen LogP contribution in [0.1, 0.15) is 43.6 Å². The number of aliphatic imine (C=N–C) groups is 1. The Morgan fingerprint density at radius 2 is 2.38 bits per heavy atom. The third-order valence-corrected chi connectivity index (χ3v) is 7.65. The Morgan fingerprint density at radius 3 is 3.29 bits per heavy atom. The molecule has 0 aromatic carbocycles. The molecule has 4 heteroatoms. The van der Waals surface area contributed by atoms with Crippen LogP contribution in [0.2, 0.25) is 0 Å². The lowest BCUT2D eigenvalue weighted by molar-refractivity contribution is 0.146. The van der Waals surface area contributed by atoms with Crippen molar-refractivity contribution in [2.75, 3.05) is 12.3 Å². The maximum Gasteiger partial charge on any atom is 0.196 e. The van der Waals surface area contributed by atoms with Gasteiger partial charge in [0.05, 0.1) is 0 Å². The lowest BCUT2D eigenvalue weighted by Gasteiger charge is -2.32. The van der Waals surface area contributed by atoms with E-state index in [0.29, 0.717) is 17.9 Å². The molecule has 3 nitrogen and oxygen atoms in total. The van der Waals surface area contributed by atoms with E-state index in [2.05, 4.69) is 17.2 Å². The molecule has 1 aliphatic carbocycles. The summed E-state index contributed by atoms with van der Waals surface area (Å²) in [7, 11) is 0. The Bertz CT molecular complexity index is 783. The molecule has 128 valence electrons. The van der Waals surface area contributed by atoms with Crippen LogP contribution < -0.4 is 5.32 Å². The van der Waals surface area contributed by atoms with Gasteiger partial charge in [0.25, 0.3) is 0 Å². The lowest BCUT2D eigenvalue weighted by atomic mass is 9.78. The topological polar surface area (TPSA) is 33.6 Å². The molecule has 1 fully saturated rings. The van der Waals surface area contributed by atoms with Gasteiger partial charge in [0.15, 0.2) is 6.23 Å². The maximum absolute atomic E-state index is 7.63. The number of hydrogen-bond donors (Lipinski definition) is 1. The van der Waals surface area contributed by atoms with Crippen LogP contribution >= 0.6 is 11.8 Å². The number of dihydropyridines is 1. The number of fused-ring (bicyclic) bond motifs is 3. The quantitative estimate of drug-likeness (QED) is 0.778. The van der Waals surface area contributed by atoms with Crippen molar-refractivity contribution in [1.29, 1.82) is 0 Å². The predicted molar refractivity (Wildman–Crippen MR) is 100 cm³/mol. The molecule has 0 spiro atoms. The van der Waals surface area contributed by atoms with Crippen molar-refractivity contribution < 1.29 is 8.85 Å². The zero-order valence-electron chi connectivity index (χ0n) is 17.0. The second kappa shape index (κ2) is 5.77. The number of thioether (sulfide) groups is 1. The van der Waals surface area contributed by atoms with E-state index in [9.17, 15) is 0 Å². The molecule has 5 rings (SSSR count). The van der Waals surface area contributed by atoms with Gasteiger partial charge in [-0.1, -0.05) is 13.0 Å². The summed E-state index contributed by atoms with van der Waals surface area (Å²) in [5.74, 6) is 3.54. The first-order valence-electron chi connectivity index (χ1n) is 10.7. The van der Waals surface area contributed by atoms with Crippen molar-refractivity contribution in [3.05, 3.63) is 34.0 Å². The van der Waals surface area contributed by atoms with E-state index in [0.717, 1.165) is 31.6 Å². The number of nitrogens with zero attached hydrogens (tertiary/aromatic N) is 1. The second-order valence-corrected chi connectivity index (χ2v) is 8.76. The summed E-state index contributed by atoms with van der Waals surface area (Å²) in [6, 6.07) is 0.356. The highest BCUT2D eigenvalue weighted by Gasteiger charge is 2.45. The minimum absolute atomic E-state index is 0.173. The number of rotatable bonds is 1. The minimum Gasteiger partial charge on any atom is -0.472 e. The van der Waals surface area contributed by atoms with E-state index in [1.807, 2.05) is 17.8 Å². The average Bonchev–Trinajstić information content (AvgIpc) is 3.20. The highest BCUT2D eigenvalue weighted by atomic mass is 32.2. The van der Waals surface area contributed by atoms with Gasteiger partial charge >= 0.3 is 0 Å². The van der Waals surface area contributed by atoms with Crippen LogP contribution in [0.15, 0.2) is 39.0 Å². The van der Waals surface area contributed by atoms with Crippen LogP contribution in [0.3, 0.4) is 0 Å². The van der Waals surface area contributed by atoms with Gasteiger partial charge in [0.2, 0.25) is 0 Å². The Balaban J connectivity index is 1.43. The normalized spacial score (nSPS) is 43.3. The van der Waals surface area contributed by atoms with Gasteiger partial charge in [0.1, 0.15) is 5.76 Å². The Labute approximate surface area is 152 Å². The van der Waals surface area contributed by atoms with Crippen LogP contribution in [-0.4, -0.2) is 30.3 Å². The Morgan fingerprint density at radius 1 is 1.42 bits per heavy atom. The first-order chi connectivity index (χ1) is 12.9. The zero-order chi connectivity index (χ0) is 18.8. The molecule has 1 saturated heterocycles. The largest absolute Gasteiger partial charge is 0.472 e. The van der Waals surface area contributed by atoms with Crippen molar-refractivity contribution in [3.63, 3.8) is 0 Å². The fourth-order valence-corrected chi connectivity index (χ4v) is 6.30. The molecule has 0 radical (unpaired) electrons. The molecule has 4 heterocycles. The van der Waals surface area contributed by atoms with Gasteiger partial charge in [-0.15, -0.1) is 11.8 Å². The average molecular weight is 346 g/mol. The molecule has 0 saturated carbocycles. The summed E-state index contributed by atoms with van der Waals surface area (Å²) >= 11 is 2.03. The molecule has 1 N–H and O–H groups in total. The molecule has 24 heavy (non-hydrogen) atoms. The van der Waals surface area contributed by atoms with Gasteiger partial charge in [-0.05, 0) is 60.6 Å². The number of allylic oxidation sites excluding steroid dienone is 2. The van der Waals surface area contributed by atoms with Crippen molar-refractivity contribution >= 4 is 17.5 Å². The molecule has 0 amide bonds. The highest BCUT2D eigenvalue weighted by molar-refractivity contribution is 8.03. The second-order valence-electron chi connectivity index (χ2n) is 7.65. The SMILES string of the molecule is [2H]C([2H])([2H])C1=N[C@H]2OC3=C([C@H]4CC5=C(CN4)[C@H](C)CS5)CCCC3C2C=C1. The molecule has 4 aliphatic heterocycles. The van der Waals surface area contributed by atoms with E-state index in [1.54, 1.807) is 16.6 Å². The van der Waals surface area contributed by atoms with E-state index < -0.39 is 6.85 Å². The van der Waals surface area contributed by atoms with E-state index in [4.69, 9.17) is 8.85 Å². The predicted octanol–water partition coefficient (Wildman–Crippen LogP) is 4.04. The van der Waals surface area contributed by atoms with Gasteiger partial charge in [-0.25, -0.2) is 4.99 Å².